The summed E-state index contributed by atoms with van der Waals surface area (Å²) in [5.41, 5.74) is 0.840. The van der Waals surface area contributed by atoms with Gasteiger partial charge in [-0.3, -0.25) is 0 Å². The number of fused-ring (bicyclic) bond motifs is 12. The van der Waals surface area contributed by atoms with Crippen LogP contribution in [-0.4, -0.2) is 8.80 Å². The van der Waals surface area contributed by atoms with Crippen molar-refractivity contribution >= 4 is 110 Å². The van der Waals surface area contributed by atoms with Gasteiger partial charge in [0.15, 0.2) is 0 Å². The Labute approximate surface area is 517 Å². The van der Waals surface area contributed by atoms with E-state index in [2.05, 4.69) is 20.9 Å². The standard InChI is InChI=1S/C78H62N4/c1-7-25-51(26-8-1)57-37-19-21-43-67(57)79(55-33-15-5-16-34-55)69-47-45-61-65-49-72-66(50-71(65)81-75-59(53-29-11-3-12-30-53)39-23-41-63(75)73(69)77(61)81)62-46-48-70(74-64-42-24-40-60(54-31-13-4-14-32-54)76(64)82(72)78(62)74)80(56-35-17-6-18-36-56)68-44-22-20-38-58(68)52-27-9-2-10-28-52/h1-2,5-10,15-28,33-50,53-54H,3-4,11-14,29-32H2/i1D,2D,5D,6D,7D,8D,9D,10D,15D,16D,17D,18D,19D,20D,21D,22D,25D,26D,27D,28D,33D,34D,35D,36D,37D,38D,43D,44D. The van der Waals surface area contributed by atoms with Gasteiger partial charge in [0.25, 0.3) is 0 Å². The molecular formula is C78H62N4. The number of anilines is 6. The number of hydrogen-bond acceptors (Lipinski definition) is 2. The lowest BCUT2D eigenvalue weighted by atomic mass is 9.83. The van der Waals surface area contributed by atoms with Crippen molar-refractivity contribution in [2.24, 2.45) is 0 Å². The molecule has 4 heterocycles. The van der Waals surface area contributed by atoms with E-state index < -0.39 is 214 Å². The summed E-state index contributed by atoms with van der Waals surface area (Å²) < 4.78 is 264. The maximum absolute atomic E-state index is 9.98. The van der Waals surface area contributed by atoms with Crippen LogP contribution in [0.3, 0.4) is 0 Å². The Morgan fingerprint density at radius 3 is 1.12 bits per heavy atom. The molecule has 15 aromatic rings. The third-order valence-electron chi connectivity index (χ3n) is 17.3. The minimum atomic E-state index is -0.853. The van der Waals surface area contributed by atoms with E-state index in [1.54, 1.807) is 24.3 Å². The van der Waals surface area contributed by atoms with Gasteiger partial charge in [-0.05, 0) is 120 Å². The molecule has 0 spiro atoms. The molecule has 2 aliphatic carbocycles. The lowest BCUT2D eigenvalue weighted by molar-refractivity contribution is 0.445. The molecule has 0 N–H and O–H groups in total. The molecule has 2 saturated carbocycles. The Morgan fingerprint density at radius 2 is 0.707 bits per heavy atom. The quantitative estimate of drug-likeness (QED) is 0.136. The maximum atomic E-state index is 9.98. The van der Waals surface area contributed by atoms with Crippen molar-refractivity contribution in [2.75, 3.05) is 9.80 Å². The molecule has 394 valence electrons. The Hall–Kier alpha value is -9.38. The zero-order valence-corrected chi connectivity index (χ0v) is 43.9. The highest BCUT2D eigenvalue weighted by Gasteiger charge is 2.32. The van der Waals surface area contributed by atoms with Gasteiger partial charge in [-0.15, -0.1) is 0 Å². The number of benzene rings is 11. The zero-order chi connectivity index (χ0) is 78.2. The van der Waals surface area contributed by atoms with Gasteiger partial charge in [-0.25, -0.2) is 0 Å². The van der Waals surface area contributed by atoms with Gasteiger partial charge in [-0.1, -0.05) is 220 Å². The Kier molecular flexibility index (Phi) is 6.39. The van der Waals surface area contributed by atoms with Crippen molar-refractivity contribution in [3.8, 4) is 22.3 Å². The molecule has 0 atom stereocenters. The van der Waals surface area contributed by atoms with Gasteiger partial charge < -0.3 is 18.6 Å². The molecule has 82 heavy (non-hydrogen) atoms. The summed E-state index contributed by atoms with van der Waals surface area (Å²) in [6, 6.07) is -0.452. The van der Waals surface area contributed by atoms with Gasteiger partial charge in [0.05, 0.1) is 94.2 Å². The van der Waals surface area contributed by atoms with Crippen LogP contribution in [-0.2, 0) is 0 Å². The van der Waals surface area contributed by atoms with E-state index >= 15 is 0 Å². The first-order chi connectivity index (χ1) is 52.4. The molecule has 4 nitrogen and oxygen atoms in total. The smallest absolute Gasteiger partial charge is 0.0645 e. The lowest BCUT2D eigenvalue weighted by Crippen LogP contribution is -2.11. The van der Waals surface area contributed by atoms with E-state index in [9.17, 15) is 24.7 Å². The molecule has 11 aromatic carbocycles. The molecule has 0 aliphatic heterocycles. The minimum absolute atomic E-state index is 0.0178. The molecule has 2 fully saturated rings. The first-order valence-electron chi connectivity index (χ1n) is 41.9. The number of para-hydroxylation sites is 6. The Bertz CT molecular complexity index is 6120. The van der Waals surface area contributed by atoms with E-state index in [0.29, 0.717) is 76.2 Å². The molecule has 4 heteroatoms. The van der Waals surface area contributed by atoms with Crippen LogP contribution in [0.1, 0.15) is 126 Å². The highest BCUT2D eigenvalue weighted by atomic mass is 15.2. The van der Waals surface area contributed by atoms with Gasteiger partial charge in [-0.2, -0.15) is 0 Å². The summed E-state index contributed by atoms with van der Waals surface area (Å²) >= 11 is 0. The van der Waals surface area contributed by atoms with Crippen LogP contribution in [0.4, 0.5) is 34.1 Å². The summed E-state index contributed by atoms with van der Waals surface area (Å²) in [4.78, 5) is 2.30. The minimum Gasteiger partial charge on any atom is -0.309 e. The number of hydrogen-bond donors (Lipinski definition) is 0. The second-order valence-electron chi connectivity index (χ2n) is 21.5. The van der Waals surface area contributed by atoms with Crippen LogP contribution in [0, 0.1) is 0 Å². The maximum Gasteiger partial charge on any atom is 0.0645 e. The Balaban J connectivity index is 1.05. The van der Waals surface area contributed by atoms with Gasteiger partial charge in [0, 0.05) is 65.6 Å². The molecule has 0 saturated heterocycles. The molecule has 0 unspecified atom stereocenters. The van der Waals surface area contributed by atoms with Gasteiger partial charge >= 0.3 is 0 Å². The normalized spacial score (nSPS) is 19.5. The number of nitrogens with zero attached hydrogens (tertiary/aromatic N) is 4. The van der Waals surface area contributed by atoms with Crippen molar-refractivity contribution in [3.63, 3.8) is 0 Å². The fourth-order valence-corrected chi connectivity index (χ4v) is 14.0. The van der Waals surface area contributed by atoms with Crippen LogP contribution >= 0.6 is 0 Å². The van der Waals surface area contributed by atoms with E-state index in [0.717, 1.165) is 85.1 Å². The van der Waals surface area contributed by atoms with Crippen LogP contribution in [0.2, 0.25) is 0 Å². The average molecular weight is 1080 g/mol. The molecule has 4 aromatic heterocycles. The summed E-state index contributed by atoms with van der Waals surface area (Å²) in [5, 5.41) is 4.45. The summed E-state index contributed by atoms with van der Waals surface area (Å²) in [6.07, 6.45) is 8.82. The van der Waals surface area contributed by atoms with Crippen LogP contribution in [0.5, 0.6) is 0 Å². The van der Waals surface area contributed by atoms with Crippen LogP contribution < -0.4 is 9.80 Å². The van der Waals surface area contributed by atoms with Gasteiger partial charge in [0.1, 0.15) is 0 Å². The molecule has 0 radical (unpaired) electrons. The fourth-order valence-electron chi connectivity index (χ4n) is 14.0. The molecule has 2 aliphatic rings. The van der Waals surface area contributed by atoms with E-state index in [1.807, 2.05) is 36.4 Å². The van der Waals surface area contributed by atoms with E-state index in [1.165, 1.54) is 0 Å². The third-order valence-corrected chi connectivity index (χ3v) is 17.3. The molecular weight excluding hydrogens is 993 g/mol. The van der Waals surface area contributed by atoms with Crippen molar-refractivity contribution in [2.45, 2.75) is 76.0 Å². The second kappa shape index (κ2) is 19.1. The lowest BCUT2D eigenvalue weighted by Gasteiger charge is -2.29. The largest absolute Gasteiger partial charge is 0.309 e. The summed E-state index contributed by atoms with van der Waals surface area (Å²) in [5.74, 6) is -0.0357. The van der Waals surface area contributed by atoms with Crippen molar-refractivity contribution in [1.82, 2.24) is 8.80 Å². The number of rotatable bonds is 10. The number of aromatic nitrogens is 2. The van der Waals surface area contributed by atoms with E-state index in [-0.39, 0.29) is 23.2 Å². The highest BCUT2D eigenvalue weighted by molar-refractivity contribution is 6.32. The SMILES string of the molecule is [2H]c1c([2H])c([2H])c(-c2c([2H])c([2H])c([2H])c([2H])c2N(c2c([2H])c([2H])c([2H])c([2H])c2[2H])c2ccc3c4cc5c(cc4n4c6c(C7CCCCC7)cccc6c2c34)c2ccc(N(c3c([2H])c([2H])c([2H])c([2H])c3[2H])c3c([2H])c([2H])c([2H])c([2H])c3-c3c([2H])c([2H])c([2H])c([2H])c3[2H])c3c4cccc(C6CCCCC6)c4n5c23)c([2H])c1[2H]. The third kappa shape index (κ3) is 7.16. The fraction of sp³-hybridized carbons (Fsp3) is 0.154. The zero-order valence-electron chi connectivity index (χ0n) is 71.9. The predicted octanol–water partition coefficient (Wildman–Crippen LogP) is 22.4. The highest BCUT2D eigenvalue weighted by Crippen LogP contribution is 2.55. The molecule has 0 amide bonds. The predicted molar refractivity (Wildman–Crippen MR) is 348 cm³/mol. The average Bonchev–Trinajstić information content (AvgIpc) is 1.50. The van der Waals surface area contributed by atoms with E-state index in [4.69, 9.17) is 13.7 Å². The summed E-state index contributed by atoms with van der Waals surface area (Å²) in [6.45, 7) is 0. The van der Waals surface area contributed by atoms with Gasteiger partial charge in [0.2, 0.25) is 0 Å². The van der Waals surface area contributed by atoms with Crippen molar-refractivity contribution < 1.29 is 38.4 Å². The molecule has 17 rings (SSSR count). The first kappa shape index (κ1) is 27.4. The molecule has 0 bridgehead atoms. The summed E-state index contributed by atoms with van der Waals surface area (Å²) in [7, 11) is 0. The van der Waals surface area contributed by atoms with Crippen molar-refractivity contribution in [1.29, 1.82) is 0 Å². The van der Waals surface area contributed by atoms with Crippen LogP contribution in [0.15, 0.2) is 242 Å². The Morgan fingerprint density at radius 1 is 0.329 bits per heavy atom. The van der Waals surface area contributed by atoms with Crippen LogP contribution in [0.25, 0.3) is 98.4 Å². The topological polar surface area (TPSA) is 15.3 Å². The monoisotopic (exact) mass is 1080 g/mol. The first-order valence-corrected chi connectivity index (χ1v) is 27.9. The second-order valence-corrected chi connectivity index (χ2v) is 21.5. The van der Waals surface area contributed by atoms with Crippen molar-refractivity contribution in [3.05, 3.63) is 253 Å².